The Hall–Kier alpha value is -0.410. The van der Waals surface area contributed by atoms with Crippen LogP contribution in [0.5, 0.6) is 0 Å². The third-order valence-electron chi connectivity index (χ3n) is 3.91. The van der Waals surface area contributed by atoms with E-state index in [2.05, 4.69) is 45.9 Å². The minimum atomic E-state index is 0.176. The molecular weight excluding hydrogens is 272 g/mol. The molecule has 0 aromatic heterocycles. The van der Waals surface area contributed by atoms with E-state index in [0.29, 0.717) is 22.7 Å². The van der Waals surface area contributed by atoms with Crippen LogP contribution in [0.4, 0.5) is 0 Å². The molecule has 19 heavy (non-hydrogen) atoms. The van der Waals surface area contributed by atoms with Crippen LogP contribution in [0.25, 0.3) is 0 Å². The molecule has 0 radical (unpaired) electrons. The molecule has 1 aromatic carbocycles. The smallest absolute Gasteiger partial charge is 0.151 e. The van der Waals surface area contributed by atoms with Gasteiger partial charge >= 0.3 is 0 Å². The van der Waals surface area contributed by atoms with Crippen LogP contribution in [0.2, 0.25) is 0 Å². The van der Waals surface area contributed by atoms with E-state index in [-0.39, 0.29) is 5.25 Å². The zero-order valence-corrected chi connectivity index (χ0v) is 13.7. The number of carbonyl (C=O) groups is 1. The number of rotatable bonds is 3. The largest absolute Gasteiger partial charge is 0.298 e. The highest BCUT2D eigenvalue weighted by atomic mass is 32.2. The van der Waals surface area contributed by atoms with Crippen molar-refractivity contribution in [1.29, 1.82) is 0 Å². The third-order valence-corrected chi connectivity index (χ3v) is 7.34. The predicted molar refractivity (Wildman–Crippen MR) is 87.4 cm³/mol. The first-order valence-corrected chi connectivity index (χ1v) is 8.83. The molecule has 1 saturated heterocycles. The summed E-state index contributed by atoms with van der Waals surface area (Å²) >= 11 is 3.80. The predicted octanol–water partition coefficient (Wildman–Crippen LogP) is 4.04. The molecule has 3 unspecified atom stereocenters. The number of carbonyl (C=O) groups excluding carboxylic acids is 1. The Morgan fingerprint density at radius 2 is 1.84 bits per heavy atom. The van der Waals surface area contributed by atoms with Crippen LogP contribution >= 0.6 is 23.5 Å². The first kappa shape index (κ1) is 15.0. The van der Waals surface area contributed by atoms with Crippen molar-refractivity contribution in [2.45, 2.75) is 49.9 Å². The molecule has 1 fully saturated rings. The second-order valence-electron chi connectivity index (χ2n) is 5.38. The molecule has 104 valence electrons. The Bertz CT molecular complexity index is 450. The molecule has 1 aromatic rings. The van der Waals surface area contributed by atoms with Crippen molar-refractivity contribution in [3.63, 3.8) is 0 Å². The summed E-state index contributed by atoms with van der Waals surface area (Å²) in [4.78, 5) is 12.5. The molecule has 0 amide bonds. The summed E-state index contributed by atoms with van der Waals surface area (Å²) in [7, 11) is 0. The van der Waals surface area contributed by atoms with Crippen molar-refractivity contribution < 1.29 is 4.79 Å². The van der Waals surface area contributed by atoms with Gasteiger partial charge in [-0.3, -0.25) is 4.79 Å². The summed E-state index contributed by atoms with van der Waals surface area (Å²) in [5, 5.41) is 1.41. The summed E-state index contributed by atoms with van der Waals surface area (Å²) in [6.45, 7) is 8.70. The highest BCUT2D eigenvalue weighted by molar-refractivity contribution is 8.08. The first-order valence-electron chi connectivity index (χ1n) is 6.84. The number of aryl methyl sites for hydroxylation is 2. The van der Waals surface area contributed by atoms with Gasteiger partial charge in [-0.05, 0) is 30.5 Å². The fourth-order valence-electron chi connectivity index (χ4n) is 2.37. The molecule has 2 rings (SSSR count). The van der Waals surface area contributed by atoms with Crippen molar-refractivity contribution in [2.24, 2.45) is 0 Å². The molecule has 0 N–H and O–H groups in total. The molecule has 3 atom stereocenters. The van der Waals surface area contributed by atoms with Crippen molar-refractivity contribution in [3.8, 4) is 0 Å². The maximum Gasteiger partial charge on any atom is 0.151 e. The van der Waals surface area contributed by atoms with Crippen LogP contribution in [0.3, 0.4) is 0 Å². The van der Waals surface area contributed by atoms with E-state index in [9.17, 15) is 4.79 Å². The lowest BCUT2D eigenvalue weighted by molar-refractivity contribution is -0.117. The summed E-state index contributed by atoms with van der Waals surface area (Å²) in [6.07, 6.45) is 0.595. The summed E-state index contributed by atoms with van der Waals surface area (Å²) in [6, 6.07) is 6.26. The Labute approximate surface area is 124 Å². The van der Waals surface area contributed by atoms with Crippen molar-refractivity contribution in [3.05, 3.63) is 34.9 Å². The highest BCUT2D eigenvalue weighted by Gasteiger charge is 2.30. The third kappa shape index (κ3) is 3.57. The average molecular weight is 294 g/mol. The van der Waals surface area contributed by atoms with E-state index in [1.54, 1.807) is 0 Å². The standard InChI is InChI=1S/C16H22OS2/c1-10-6-5-7-11(2)14(10)8-15(17)16-9-18-12(3)13(4)19-16/h5-7,12-13,16H,8-9H2,1-4H3. The molecule has 1 aliphatic heterocycles. The lowest BCUT2D eigenvalue weighted by Crippen LogP contribution is -2.32. The SMILES string of the molecule is Cc1cccc(C)c1CC(=O)C1CSC(C)C(C)S1. The Balaban J connectivity index is 2.05. The van der Waals surface area contributed by atoms with Gasteiger partial charge in [0.05, 0.1) is 5.25 Å². The molecule has 0 bridgehead atoms. The maximum atomic E-state index is 12.5. The first-order chi connectivity index (χ1) is 8.99. The average Bonchev–Trinajstić information content (AvgIpc) is 2.37. The van der Waals surface area contributed by atoms with Gasteiger partial charge < -0.3 is 0 Å². The van der Waals surface area contributed by atoms with Gasteiger partial charge in [0.25, 0.3) is 0 Å². The van der Waals surface area contributed by atoms with E-state index < -0.39 is 0 Å². The number of Topliss-reactive ketones (excluding diaryl/α,β-unsaturated/α-hetero) is 1. The molecule has 3 heteroatoms. The van der Waals surface area contributed by atoms with Gasteiger partial charge in [0, 0.05) is 22.7 Å². The molecule has 0 spiro atoms. The van der Waals surface area contributed by atoms with E-state index >= 15 is 0 Å². The summed E-state index contributed by atoms with van der Waals surface area (Å²) in [5.74, 6) is 1.37. The molecule has 1 aliphatic rings. The van der Waals surface area contributed by atoms with E-state index in [1.807, 2.05) is 23.5 Å². The van der Waals surface area contributed by atoms with Crippen molar-refractivity contribution in [2.75, 3.05) is 5.75 Å². The van der Waals surface area contributed by atoms with E-state index in [0.717, 1.165) is 5.75 Å². The van der Waals surface area contributed by atoms with E-state index in [1.165, 1.54) is 16.7 Å². The second-order valence-corrected chi connectivity index (χ2v) is 8.38. The van der Waals surface area contributed by atoms with Crippen molar-refractivity contribution >= 4 is 29.3 Å². The Morgan fingerprint density at radius 1 is 1.21 bits per heavy atom. The van der Waals surface area contributed by atoms with Crippen molar-refractivity contribution in [1.82, 2.24) is 0 Å². The number of hydrogen-bond donors (Lipinski definition) is 0. The van der Waals surface area contributed by atoms with Gasteiger partial charge in [0.1, 0.15) is 0 Å². The lowest BCUT2D eigenvalue weighted by Gasteiger charge is -2.30. The van der Waals surface area contributed by atoms with Gasteiger partial charge in [0.2, 0.25) is 0 Å². The van der Waals surface area contributed by atoms with Crippen LogP contribution in [0, 0.1) is 13.8 Å². The molecule has 0 aliphatic carbocycles. The van der Waals surface area contributed by atoms with Gasteiger partial charge in [-0.15, -0.1) is 11.8 Å². The zero-order chi connectivity index (χ0) is 14.0. The second kappa shape index (κ2) is 6.36. The van der Waals surface area contributed by atoms with Gasteiger partial charge in [0.15, 0.2) is 5.78 Å². The summed E-state index contributed by atoms with van der Waals surface area (Å²) < 4.78 is 0. The van der Waals surface area contributed by atoms with Crippen LogP contribution in [0.15, 0.2) is 18.2 Å². The molecule has 1 nitrogen and oxygen atoms in total. The van der Waals surface area contributed by atoms with Crippen LogP contribution in [-0.2, 0) is 11.2 Å². The molecule has 1 heterocycles. The number of hydrogen-bond acceptors (Lipinski definition) is 3. The zero-order valence-electron chi connectivity index (χ0n) is 12.1. The Morgan fingerprint density at radius 3 is 2.42 bits per heavy atom. The Kier molecular flexibility index (Phi) is 5.02. The number of thioether (sulfide) groups is 2. The quantitative estimate of drug-likeness (QED) is 0.837. The van der Waals surface area contributed by atoms with Crippen LogP contribution in [-0.4, -0.2) is 27.3 Å². The fraction of sp³-hybridized carbons (Fsp3) is 0.562. The van der Waals surface area contributed by atoms with Gasteiger partial charge in [-0.2, -0.15) is 11.8 Å². The maximum absolute atomic E-state index is 12.5. The number of benzene rings is 1. The molecule has 0 saturated carbocycles. The summed E-state index contributed by atoms with van der Waals surface area (Å²) in [5.41, 5.74) is 3.70. The van der Waals surface area contributed by atoms with Crippen LogP contribution in [0.1, 0.15) is 30.5 Å². The minimum absolute atomic E-state index is 0.176. The highest BCUT2D eigenvalue weighted by Crippen LogP contribution is 2.36. The lowest BCUT2D eigenvalue weighted by atomic mass is 9.97. The fourth-order valence-corrected chi connectivity index (χ4v) is 5.26. The minimum Gasteiger partial charge on any atom is -0.298 e. The number of ketones is 1. The van der Waals surface area contributed by atoms with Crippen LogP contribution < -0.4 is 0 Å². The normalized spacial score (nSPS) is 27.3. The topological polar surface area (TPSA) is 17.1 Å². The molecular formula is C16H22OS2. The van der Waals surface area contributed by atoms with Gasteiger partial charge in [-0.1, -0.05) is 32.0 Å². The van der Waals surface area contributed by atoms with Gasteiger partial charge in [-0.25, -0.2) is 0 Å². The monoisotopic (exact) mass is 294 g/mol. The van der Waals surface area contributed by atoms with E-state index in [4.69, 9.17) is 0 Å².